The summed E-state index contributed by atoms with van der Waals surface area (Å²) in [6, 6.07) is 61.8. The van der Waals surface area contributed by atoms with Crippen molar-refractivity contribution in [3.05, 3.63) is 250 Å². The molecule has 0 bridgehead atoms. The summed E-state index contributed by atoms with van der Waals surface area (Å²) in [6.07, 6.45) is 10.7. The van der Waals surface area contributed by atoms with Crippen molar-refractivity contribution < 1.29 is 0 Å². The van der Waals surface area contributed by atoms with Crippen LogP contribution in [0.4, 0.5) is 0 Å². The SMILES string of the molecule is C=CCCCC1(CCCC=C)c2cc(C)ccc2-c2ccc(-c3ccc4c(c3)C(C)(C)c3cc(-c5ccc6c(c5)C(c5cccc(C)c5)(c5cccc(C)c5)c5cc(C)ccc5-6)ccc3-4)cc21. The highest BCUT2D eigenvalue weighted by Gasteiger charge is 2.47. The number of fused-ring (bicyclic) bond motifs is 9. The molecule has 0 fully saturated rings. The van der Waals surface area contributed by atoms with E-state index < -0.39 is 5.41 Å². The van der Waals surface area contributed by atoms with Crippen LogP contribution in [0.2, 0.25) is 0 Å². The van der Waals surface area contributed by atoms with Crippen molar-refractivity contribution in [2.45, 2.75) is 96.3 Å². The summed E-state index contributed by atoms with van der Waals surface area (Å²) in [5.41, 5.74) is 28.9. The first kappa shape index (κ1) is 42.8. The third-order valence-electron chi connectivity index (χ3n) is 16.1. The van der Waals surface area contributed by atoms with Crippen LogP contribution in [0.3, 0.4) is 0 Å². The van der Waals surface area contributed by atoms with Crippen LogP contribution in [-0.2, 0) is 16.2 Å². The summed E-state index contributed by atoms with van der Waals surface area (Å²) in [5, 5.41) is 0. The normalized spacial score (nSPS) is 15.0. The maximum atomic E-state index is 4.09. The molecule has 330 valence electrons. The predicted octanol–water partition coefficient (Wildman–Crippen LogP) is 17.9. The van der Waals surface area contributed by atoms with Gasteiger partial charge in [-0.25, -0.2) is 0 Å². The zero-order chi connectivity index (χ0) is 46.2. The lowest BCUT2D eigenvalue weighted by atomic mass is 9.67. The van der Waals surface area contributed by atoms with E-state index in [-0.39, 0.29) is 10.8 Å². The van der Waals surface area contributed by atoms with E-state index >= 15 is 0 Å². The number of unbranched alkanes of at least 4 members (excludes halogenated alkanes) is 2. The number of allylic oxidation sites excluding steroid dienone is 2. The van der Waals surface area contributed by atoms with Crippen LogP contribution in [0.15, 0.2) is 183 Å². The molecule has 0 heterocycles. The van der Waals surface area contributed by atoms with Gasteiger partial charge in [0, 0.05) is 10.8 Å². The maximum Gasteiger partial charge on any atom is 0.0714 e. The molecule has 8 aromatic rings. The van der Waals surface area contributed by atoms with E-state index in [0.717, 1.165) is 38.5 Å². The lowest BCUT2D eigenvalue weighted by molar-refractivity contribution is 0.422. The Kier molecular flexibility index (Phi) is 10.4. The molecule has 0 saturated carbocycles. The van der Waals surface area contributed by atoms with Crippen molar-refractivity contribution in [1.29, 1.82) is 0 Å². The minimum atomic E-state index is -0.455. The first-order valence-corrected chi connectivity index (χ1v) is 24.7. The Morgan fingerprint density at radius 1 is 0.373 bits per heavy atom. The molecule has 0 nitrogen and oxygen atoms in total. The number of hydrogen-bond donors (Lipinski definition) is 0. The number of benzene rings is 8. The fraction of sp³-hybridized carbons (Fsp3) is 0.224. The van der Waals surface area contributed by atoms with Gasteiger partial charge in [0.1, 0.15) is 0 Å². The first-order valence-electron chi connectivity index (χ1n) is 24.7. The number of rotatable bonds is 12. The van der Waals surface area contributed by atoms with Gasteiger partial charge >= 0.3 is 0 Å². The number of hydrogen-bond acceptors (Lipinski definition) is 0. The second kappa shape index (κ2) is 16.2. The van der Waals surface area contributed by atoms with Gasteiger partial charge in [-0.1, -0.05) is 182 Å². The van der Waals surface area contributed by atoms with Crippen LogP contribution in [0, 0.1) is 27.7 Å². The maximum absolute atomic E-state index is 4.09. The largest absolute Gasteiger partial charge is 0.103 e. The standard InChI is InChI=1S/C67H62/c1-9-11-13-33-66(34-14-12-10-2)61-37-45(5)21-27-55(61)56-31-25-49(41-62(56)66)47-23-29-53-54-30-24-48(40-60(54)65(7,8)59(53)39-47)50-26-32-58-57-28-22-46(6)38-63(57)67(64(58)42-50,51-19-15-17-43(3)35-51)52-20-16-18-44(4)36-52/h9-10,15-32,35-42H,1-2,11-14,33-34H2,3-8H3. The third-order valence-corrected chi connectivity index (χ3v) is 16.1. The quantitative estimate of drug-likeness (QED) is 0.0848. The Hall–Kier alpha value is -6.76. The molecule has 11 rings (SSSR count). The molecular formula is C67H62. The van der Waals surface area contributed by atoms with E-state index in [1.54, 1.807) is 0 Å². The van der Waals surface area contributed by atoms with E-state index in [0.29, 0.717) is 0 Å². The van der Waals surface area contributed by atoms with Gasteiger partial charge in [-0.2, -0.15) is 0 Å². The van der Waals surface area contributed by atoms with Gasteiger partial charge in [-0.15, -0.1) is 13.2 Å². The lowest BCUT2D eigenvalue weighted by Gasteiger charge is -2.35. The smallest absolute Gasteiger partial charge is 0.0714 e. The summed E-state index contributed by atoms with van der Waals surface area (Å²) >= 11 is 0. The average Bonchev–Trinajstić information content (AvgIpc) is 3.86. The molecule has 0 radical (unpaired) electrons. The minimum Gasteiger partial charge on any atom is -0.103 e. The fourth-order valence-corrected chi connectivity index (χ4v) is 12.8. The van der Waals surface area contributed by atoms with Gasteiger partial charge in [0.05, 0.1) is 5.41 Å². The molecule has 0 unspecified atom stereocenters. The first-order chi connectivity index (χ1) is 32.5. The van der Waals surface area contributed by atoms with Gasteiger partial charge in [0.25, 0.3) is 0 Å². The zero-order valence-corrected chi connectivity index (χ0v) is 40.3. The van der Waals surface area contributed by atoms with Gasteiger partial charge in [-0.3, -0.25) is 0 Å². The van der Waals surface area contributed by atoms with Gasteiger partial charge in [0.2, 0.25) is 0 Å². The van der Waals surface area contributed by atoms with E-state index in [4.69, 9.17) is 0 Å². The Morgan fingerprint density at radius 2 is 0.716 bits per heavy atom. The Bertz CT molecular complexity index is 3250. The van der Waals surface area contributed by atoms with Crippen LogP contribution < -0.4 is 0 Å². The highest BCUT2D eigenvalue weighted by molar-refractivity contribution is 5.91. The molecular weight excluding hydrogens is 805 g/mol. The summed E-state index contributed by atoms with van der Waals surface area (Å²) in [6.45, 7) is 22.0. The fourth-order valence-electron chi connectivity index (χ4n) is 12.8. The Morgan fingerprint density at radius 3 is 1.16 bits per heavy atom. The van der Waals surface area contributed by atoms with E-state index in [9.17, 15) is 0 Å². The van der Waals surface area contributed by atoms with E-state index in [1.165, 1.54) is 122 Å². The molecule has 3 aliphatic rings. The zero-order valence-electron chi connectivity index (χ0n) is 40.3. The second-order valence-corrected chi connectivity index (χ2v) is 20.7. The predicted molar refractivity (Wildman–Crippen MR) is 285 cm³/mol. The lowest BCUT2D eigenvalue weighted by Crippen LogP contribution is -2.29. The monoisotopic (exact) mass is 866 g/mol. The number of aryl methyl sites for hydroxylation is 4. The summed E-state index contributed by atoms with van der Waals surface area (Å²) in [7, 11) is 0. The summed E-state index contributed by atoms with van der Waals surface area (Å²) in [5.74, 6) is 0. The third kappa shape index (κ3) is 6.62. The minimum absolute atomic E-state index is 0.0274. The summed E-state index contributed by atoms with van der Waals surface area (Å²) < 4.78 is 0. The van der Waals surface area contributed by atoms with Crippen LogP contribution >= 0.6 is 0 Å². The molecule has 3 aliphatic carbocycles. The molecule has 0 aromatic heterocycles. The molecule has 0 aliphatic heterocycles. The molecule has 8 aromatic carbocycles. The molecule has 0 N–H and O–H groups in total. The molecule has 67 heavy (non-hydrogen) atoms. The molecule has 0 amide bonds. The van der Waals surface area contributed by atoms with Crippen molar-refractivity contribution in [2.24, 2.45) is 0 Å². The van der Waals surface area contributed by atoms with E-state index in [2.05, 4.69) is 225 Å². The van der Waals surface area contributed by atoms with Crippen molar-refractivity contribution >= 4 is 0 Å². The summed E-state index contributed by atoms with van der Waals surface area (Å²) in [4.78, 5) is 0. The van der Waals surface area contributed by atoms with Crippen molar-refractivity contribution in [3.8, 4) is 55.6 Å². The average molecular weight is 867 g/mol. The van der Waals surface area contributed by atoms with Crippen molar-refractivity contribution in [3.63, 3.8) is 0 Å². The second-order valence-electron chi connectivity index (χ2n) is 20.7. The van der Waals surface area contributed by atoms with E-state index in [1.807, 2.05) is 0 Å². The molecule has 0 saturated heterocycles. The van der Waals surface area contributed by atoms with Crippen LogP contribution in [0.1, 0.15) is 119 Å². The highest BCUT2D eigenvalue weighted by atomic mass is 14.5. The Labute approximate surface area is 399 Å². The Balaban J connectivity index is 1.00. The molecule has 0 heteroatoms. The topological polar surface area (TPSA) is 0 Å². The molecule has 0 atom stereocenters. The van der Waals surface area contributed by atoms with Crippen LogP contribution in [-0.4, -0.2) is 0 Å². The van der Waals surface area contributed by atoms with Crippen molar-refractivity contribution in [1.82, 2.24) is 0 Å². The van der Waals surface area contributed by atoms with Gasteiger partial charge in [-0.05, 0) is 191 Å². The molecule has 0 spiro atoms. The van der Waals surface area contributed by atoms with Crippen LogP contribution in [0.5, 0.6) is 0 Å². The van der Waals surface area contributed by atoms with Crippen molar-refractivity contribution in [2.75, 3.05) is 0 Å². The van der Waals surface area contributed by atoms with Crippen LogP contribution in [0.25, 0.3) is 55.6 Å². The highest BCUT2D eigenvalue weighted by Crippen LogP contribution is 2.59. The van der Waals surface area contributed by atoms with Gasteiger partial charge < -0.3 is 0 Å². The van der Waals surface area contributed by atoms with Gasteiger partial charge in [0.15, 0.2) is 0 Å².